The van der Waals surface area contributed by atoms with Gasteiger partial charge in [-0.1, -0.05) is 0 Å². The van der Waals surface area contributed by atoms with Gasteiger partial charge in [-0.3, -0.25) is 0 Å². The van der Waals surface area contributed by atoms with E-state index in [1.54, 1.807) is 13.8 Å². The van der Waals surface area contributed by atoms with Crippen molar-refractivity contribution in [2.75, 3.05) is 13.2 Å². The zero-order chi connectivity index (χ0) is 10.3. The molecule has 5 nitrogen and oxygen atoms in total. The van der Waals surface area contributed by atoms with Gasteiger partial charge < -0.3 is 24.4 Å². The van der Waals surface area contributed by atoms with Crippen LogP contribution < -0.4 is 0 Å². The van der Waals surface area contributed by atoms with Crippen LogP contribution in [0.5, 0.6) is 0 Å². The van der Waals surface area contributed by atoms with Gasteiger partial charge in [-0.15, -0.1) is 0 Å². The number of hydrogen-bond donors (Lipinski definition) is 2. The van der Waals surface area contributed by atoms with Crippen molar-refractivity contribution in [3.63, 3.8) is 0 Å². The van der Waals surface area contributed by atoms with Crippen LogP contribution in [-0.4, -0.2) is 53.6 Å². The van der Waals surface area contributed by atoms with E-state index in [2.05, 4.69) is 0 Å². The molecule has 2 saturated heterocycles. The van der Waals surface area contributed by atoms with Crippen LogP contribution in [0, 0.1) is 0 Å². The summed E-state index contributed by atoms with van der Waals surface area (Å²) in [7, 11) is 0. The third kappa shape index (κ3) is 1.78. The Labute approximate surface area is 82.6 Å². The minimum atomic E-state index is -0.892. The van der Waals surface area contributed by atoms with Crippen molar-refractivity contribution in [2.45, 2.75) is 44.1 Å². The Balaban J connectivity index is 2.08. The molecule has 0 aromatic carbocycles. The van der Waals surface area contributed by atoms with Crippen LogP contribution in [0.3, 0.4) is 0 Å². The maximum Gasteiger partial charge on any atom is 0.163 e. The number of rotatable bonds is 0. The van der Waals surface area contributed by atoms with E-state index >= 15 is 0 Å². The molecule has 2 aliphatic heterocycles. The largest absolute Gasteiger partial charge is 0.388 e. The predicted molar refractivity (Wildman–Crippen MR) is 46.7 cm³/mol. The lowest BCUT2D eigenvalue weighted by Crippen LogP contribution is -2.61. The second kappa shape index (κ2) is 3.43. The van der Waals surface area contributed by atoms with Crippen molar-refractivity contribution < 1.29 is 24.4 Å². The number of aliphatic hydroxyl groups excluding tert-OH is 2. The molecule has 5 heteroatoms. The molecular formula is C9H16O5. The molecule has 14 heavy (non-hydrogen) atoms. The van der Waals surface area contributed by atoms with Crippen molar-refractivity contribution in [2.24, 2.45) is 0 Å². The minimum absolute atomic E-state index is 0.134. The van der Waals surface area contributed by atoms with Gasteiger partial charge >= 0.3 is 0 Å². The first-order chi connectivity index (χ1) is 6.49. The third-order valence-electron chi connectivity index (χ3n) is 2.59. The summed E-state index contributed by atoms with van der Waals surface area (Å²) < 4.78 is 16.2. The molecule has 0 aromatic rings. The second-order valence-electron chi connectivity index (χ2n) is 4.22. The fourth-order valence-electron chi connectivity index (χ4n) is 1.79. The lowest BCUT2D eigenvalue weighted by atomic mass is 9.99. The Kier molecular flexibility index (Phi) is 2.53. The standard InChI is InChI=1S/C9H16O5/c1-9(2)13-4-6-8(14-9)7(11)5(10)3-12-6/h5-8,10-11H,3-4H2,1-2H3. The van der Waals surface area contributed by atoms with Crippen molar-refractivity contribution in [3.05, 3.63) is 0 Å². The molecular weight excluding hydrogens is 188 g/mol. The topological polar surface area (TPSA) is 68.2 Å². The van der Waals surface area contributed by atoms with Crippen LogP contribution in [0.25, 0.3) is 0 Å². The third-order valence-corrected chi connectivity index (χ3v) is 2.59. The van der Waals surface area contributed by atoms with Gasteiger partial charge in [-0.25, -0.2) is 0 Å². The summed E-state index contributed by atoms with van der Waals surface area (Å²) in [5, 5.41) is 19.1. The Bertz CT molecular complexity index is 215. The first-order valence-corrected chi connectivity index (χ1v) is 4.79. The van der Waals surface area contributed by atoms with Gasteiger partial charge in [-0.2, -0.15) is 0 Å². The number of fused-ring (bicyclic) bond motifs is 1. The highest BCUT2D eigenvalue weighted by Gasteiger charge is 2.46. The lowest BCUT2D eigenvalue weighted by Gasteiger charge is -2.46. The summed E-state index contributed by atoms with van der Waals surface area (Å²) in [6.45, 7) is 4.07. The van der Waals surface area contributed by atoms with Gasteiger partial charge in [0.05, 0.1) is 13.2 Å². The highest BCUT2D eigenvalue weighted by atomic mass is 16.7. The van der Waals surface area contributed by atoms with Crippen LogP contribution >= 0.6 is 0 Å². The van der Waals surface area contributed by atoms with E-state index in [1.807, 2.05) is 0 Å². The predicted octanol–water partition coefficient (Wildman–Crippen LogP) is -0.742. The van der Waals surface area contributed by atoms with Gasteiger partial charge in [0.25, 0.3) is 0 Å². The molecule has 2 rings (SSSR count). The fourth-order valence-corrected chi connectivity index (χ4v) is 1.79. The van der Waals surface area contributed by atoms with E-state index in [9.17, 15) is 10.2 Å². The zero-order valence-corrected chi connectivity index (χ0v) is 8.34. The van der Waals surface area contributed by atoms with Crippen LogP contribution in [0.4, 0.5) is 0 Å². The van der Waals surface area contributed by atoms with Crippen molar-refractivity contribution in [3.8, 4) is 0 Å². The molecule has 0 spiro atoms. The van der Waals surface area contributed by atoms with Gasteiger partial charge in [0.15, 0.2) is 5.79 Å². The Morgan fingerprint density at radius 1 is 1.21 bits per heavy atom. The van der Waals surface area contributed by atoms with Gasteiger partial charge in [0.2, 0.25) is 0 Å². The van der Waals surface area contributed by atoms with Crippen LogP contribution in [0.15, 0.2) is 0 Å². The summed E-state index contributed by atoms with van der Waals surface area (Å²) in [4.78, 5) is 0. The molecule has 0 aliphatic carbocycles. The molecule has 0 radical (unpaired) electrons. The SMILES string of the molecule is CC1(C)OCC2OCC(O)C(O)C2O1. The summed E-state index contributed by atoms with van der Waals surface area (Å²) in [6.07, 6.45) is -2.54. The quantitative estimate of drug-likeness (QED) is 0.544. The number of hydrogen-bond acceptors (Lipinski definition) is 5. The second-order valence-corrected chi connectivity index (χ2v) is 4.22. The average Bonchev–Trinajstić information content (AvgIpc) is 2.11. The molecule has 2 heterocycles. The zero-order valence-electron chi connectivity index (χ0n) is 8.34. The average molecular weight is 204 g/mol. The van der Waals surface area contributed by atoms with E-state index in [0.717, 1.165) is 0 Å². The molecule has 4 atom stereocenters. The molecule has 0 aromatic heterocycles. The summed E-state index contributed by atoms with van der Waals surface area (Å²) in [5.41, 5.74) is 0. The van der Waals surface area contributed by atoms with Crippen molar-refractivity contribution >= 4 is 0 Å². The maximum atomic E-state index is 9.69. The summed E-state index contributed by atoms with van der Waals surface area (Å²) in [6, 6.07) is 0. The van der Waals surface area contributed by atoms with Crippen LogP contribution in [0.1, 0.15) is 13.8 Å². The van der Waals surface area contributed by atoms with E-state index in [4.69, 9.17) is 14.2 Å². The Morgan fingerprint density at radius 3 is 2.64 bits per heavy atom. The van der Waals surface area contributed by atoms with Crippen LogP contribution in [0.2, 0.25) is 0 Å². The first-order valence-electron chi connectivity index (χ1n) is 4.79. The lowest BCUT2D eigenvalue weighted by molar-refractivity contribution is -0.346. The smallest absolute Gasteiger partial charge is 0.163 e. The normalized spacial score (nSPS) is 47.1. The first kappa shape index (κ1) is 10.3. The fraction of sp³-hybridized carbons (Fsp3) is 1.00. The summed E-state index contributed by atoms with van der Waals surface area (Å²) >= 11 is 0. The van der Waals surface area contributed by atoms with E-state index < -0.39 is 24.1 Å². The highest BCUT2D eigenvalue weighted by molar-refractivity contribution is 4.91. The molecule has 2 fully saturated rings. The molecule has 82 valence electrons. The summed E-state index contributed by atoms with van der Waals surface area (Å²) in [5.74, 6) is -0.720. The van der Waals surface area contributed by atoms with Gasteiger partial charge in [0.1, 0.15) is 24.4 Å². The van der Waals surface area contributed by atoms with Crippen molar-refractivity contribution in [1.82, 2.24) is 0 Å². The molecule has 0 bridgehead atoms. The number of ether oxygens (including phenoxy) is 3. The number of aliphatic hydroxyl groups is 2. The highest BCUT2D eigenvalue weighted by Crippen LogP contribution is 2.29. The van der Waals surface area contributed by atoms with E-state index in [-0.39, 0.29) is 12.7 Å². The van der Waals surface area contributed by atoms with Gasteiger partial charge in [0, 0.05) is 0 Å². The molecule has 0 saturated carbocycles. The van der Waals surface area contributed by atoms with Crippen molar-refractivity contribution in [1.29, 1.82) is 0 Å². The molecule has 2 N–H and O–H groups in total. The maximum absolute atomic E-state index is 9.69. The Morgan fingerprint density at radius 2 is 1.93 bits per heavy atom. The minimum Gasteiger partial charge on any atom is -0.388 e. The van der Waals surface area contributed by atoms with E-state index in [1.165, 1.54) is 0 Å². The Hall–Kier alpha value is -0.200. The van der Waals surface area contributed by atoms with Gasteiger partial charge in [-0.05, 0) is 13.8 Å². The monoisotopic (exact) mass is 204 g/mol. The molecule has 2 aliphatic rings. The van der Waals surface area contributed by atoms with E-state index in [0.29, 0.717) is 6.61 Å². The molecule has 4 unspecified atom stereocenters. The molecule has 0 amide bonds. The van der Waals surface area contributed by atoms with Crippen LogP contribution in [-0.2, 0) is 14.2 Å².